The second-order valence-electron chi connectivity index (χ2n) is 5.06. The Morgan fingerprint density at radius 3 is 2.53 bits per heavy atom. The molecule has 3 heteroatoms. The van der Waals surface area contributed by atoms with Crippen LogP contribution in [-0.2, 0) is 9.84 Å². The van der Waals surface area contributed by atoms with Gasteiger partial charge in [0.05, 0.1) is 10.1 Å². The predicted octanol–water partition coefficient (Wildman–Crippen LogP) is 3.78. The summed E-state index contributed by atoms with van der Waals surface area (Å²) < 4.78 is 24.4. The fraction of sp³-hybridized carbons (Fsp3) is 0.500. The maximum absolute atomic E-state index is 12.2. The van der Waals surface area contributed by atoms with Crippen molar-refractivity contribution in [1.29, 1.82) is 0 Å². The summed E-state index contributed by atoms with van der Waals surface area (Å²) in [6, 6.07) is 7.23. The highest BCUT2D eigenvalue weighted by atomic mass is 32.2. The molecular formula is C16H22O2S. The van der Waals surface area contributed by atoms with E-state index in [-0.39, 0.29) is 5.92 Å². The summed E-state index contributed by atoms with van der Waals surface area (Å²) in [4.78, 5) is 0.401. The summed E-state index contributed by atoms with van der Waals surface area (Å²) in [5, 5.41) is -0.403. The van der Waals surface area contributed by atoms with E-state index in [1.54, 1.807) is 26.0 Å². The minimum Gasteiger partial charge on any atom is -0.223 e. The maximum Gasteiger partial charge on any atom is 0.180 e. The molecule has 1 rings (SSSR count). The molecule has 0 saturated heterocycles. The molecule has 0 radical (unpaired) electrons. The zero-order chi connectivity index (χ0) is 14.5. The summed E-state index contributed by atoms with van der Waals surface area (Å²) in [6.07, 6.45) is 8.07. The van der Waals surface area contributed by atoms with Crippen LogP contribution in [0.3, 0.4) is 0 Å². The van der Waals surface area contributed by atoms with Crippen LogP contribution in [0.1, 0.15) is 51.5 Å². The van der Waals surface area contributed by atoms with E-state index >= 15 is 0 Å². The van der Waals surface area contributed by atoms with E-state index in [4.69, 9.17) is 6.42 Å². The Labute approximate surface area is 117 Å². The van der Waals surface area contributed by atoms with Gasteiger partial charge in [0.1, 0.15) is 0 Å². The molecule has 0 bridgehead atoms. The molecule has 0 amide bonds. The van der Waals surface area contributed by atoms with Gasteiger partial charge in [0, 0.05) is 6.42 Å². The molecule has 1 unspecified atom stereocenters. The molecule has 0 aliphatic carbocycles. The Morgan fingerprint density at radius 1 is 1.32 bits per heavy atom. The SMILES string of the molecule is C#CCC(CCC)c1cccc(S(=O)(=O)C(C)C)c1. The van der Waals surface area contributed by atoms with Gasteiger partial charge in [-0.3, -0.25) is 0 Å². The van der Waals surface area contributed by atoms with Crippen LogP contribution in [0.2, 0.25) is 0 Å². The van der Waals surface area contributed by atoms with Crippen molar-refractivity contribution < 1.29 is 8.42 Å². The molecule has 1 aromatic rings. The number of benzene rings is 1. The number of rotatable bonds is 6. The van der Waals surface area contributed by atoms with Gasteiger partial charge < -0.3 is 0 Å². The van der Waals surface area contributed by atoms with E-state index in [0.29, 0.717) is 11.3 Å². The molecule has 0 N–H and O–H groups in total. The lowest BCUT2D eigenvalue weighted by Gasteiger charge is -2.15. The van der Waals surface area contributed by atoms with Gasteiger partial charge in [-0.1, -0.05) is 25.5 Å². The third kappa shape index (κ3) is 3.84. The fourth-order valence-corrected chi connectivity index (χ4v) is 3.21. The lowest BCUT2D eigenvalue weighted by Crippen LogP contribution is -2.14. The first-order valence-corrected chi connectivity index (χ1v) is 8.25. The van der Waals surface area contributed by atoms with Crippen LogP contribution in [-0.4, -0.2) is 13.7 Å². The van der Waals surface area contributed by atoms with Crippen LogP contribution in [0.4, 0.5) is 0 Å². The zero-order valence-electron chi connectivity index (χ0n) is 11.9. The van der Waals surface area contributed by atoms with Gasteiger partial charge in [-0.25, -0.2) is 8.42 Å². The molecular weight excluding hydrogens is 256 g/mol. The Kier molecular flexibility index (Phi) is 5.62. The highest BCUT2D eigenvalue weighted by Gasteiger charge is 2.20. The average molecular weight is 278 g/mol. The summed E-state index contributed by atoms with van der Waals surface area (Å²) >= 11 is 0. The summed E-state index contributed by atoms with van der Waals surface area (Å²) in [7, 11) is -3.21. The van der Waals surface area contributed by atoms with Crippen LogP contribution < -0.4 is 0 Å². The van der Waals surface area contributed by atoms with E-state index < -0.39 is 15.1 Å². The van der Waals surface area contributed by atoms with Crippen molar-refractivity contribution in [1.82, 2.24) is 0 Å². The van der Waals surface area contributed by atoms with Crippen LogP contribution in [0, 0.1) is 12.3 Å². The molecule has 0 spiro atoms. The van der Waals surface area contributed by atoms with Gasteiger partial charge in [0.15, 0.2) is 9.84 Å². The summed E-state index contributed by atoms with van der Waals surface area (Å²) in [5.74, 6) is 2.93. The van der Waals surface area contributed by atoms with Crippen LogP contribution >= 0.6 is 0 Å². The smallest absolute Gasteiger partial charge is 0.180 e. The van der Waals surface area contributed by atoms with Crippen molar-refractivity contribution in [2.24, 2.45) is 0 Å². The normalized spacial score (nSPS) is 13.2. The van der Waals surface area contributed by atoms with Crippen molar-refractivity contribution >= 4 is 9.84 Å². The molecule has 0 aliphatic rings. The van der Waals surface area contributed by atoms with E-state index in [1.165, 1.54) is 0 Å². The van der Waals surface area contributed by atoms with Crippen LogP contribution in [0.15, 0.2) is 29.2 Å². The molecule has 0 saturated carbocycles. The molecule has 0 aromatic heterocycles. The fourth-order valence-electron chi connectivity index (χ4n) is 2.09. The second-order valence-corrected chi connectivity index (χ2v) is 7.56. The van der Waals surface area contributed by atoms with Gasteiger partial charge in [-0.2, -0.15) is 0 Å². The third-order valence-electron chi connectivity index (χ3n) is 3.28. The van der Waals surface area contributed by atoms with Crippen molar-refractivity contribution in [2.45, 2.75) is 56.1 Å². The lowest BCUT2D eigenvalue weighted by atomic mass is 9.92. The van der Waals surface area contributed by atoms with E-state index in [2.05, 4.69) is 12.8 Å². The number of hydrogen-bond donors (Lipinski definition) is 0. The summed E-state index contributed by atoms with van der Waals surface area (Å²) in [5.41, 5.74) is 1.03. The van der Waals surface area contributed by atoms with E-state index in [9.17, 15) is 8.42 Å². The first-order valence-electron chi connectivity index (χ1n) is 6.70. The topological polar surface area (TPSA) is 34.1 Å². The van der Waals surface area contributed by atoms with Gasteiger partial charge in [0.25, 0.3) is 0 Å². The molecule has 1 atom stereocenters. The summed E-state index contributed by atoms with van der Waals surface area (Å²) in [6.45, 7) is 5.51. The predicted molar refractivity (Wildman–Crippen MR) is 79.9 cm³/mol. The Hall–Kier alpha value is -1.27. The molecule has 2 nitrogen and oxygen atoms in total. The van der Waals surface area contributed by atoms with Gasteiger partial charge in [-0.05, 0) is 43.9 Å². The quantitative estimate of drug-likeness (QED) is 0.742. The van der Waals surface area contributed by atoms with E-state index in [1.807, 2.05) is 12.1 Å². The second kappa shape index (κ2) is 6.77. The molecule has 1 aromatic carbocycles. The van der Waals surface area contributed by atoms with Gasteiger partial charge in [-0.15, -0.1) is 12.3 Å². The Balaban J connectivity index is 3.16. The molecule has 19 heavy (non-hydrogen) atoms. The lowest BCUT2D eigenvalue weighted by molar-refractivity contribution is 0.586. The first kappa shape index (κ1) is 15.8. The third-order valence-corrected chi connectivity index (χ3v) is 5.43. The molecule has 104 valence electrons. The monoisotopic (exact) mass is 278 g/mol. The van der Waals surface area contributed by atoms with Crippen molar-refractivity contribution in [2.75, 3.05) is 0 Å². The number of hydrogen-bond acceptors (Lipinski definition) is 2. The standard InChI is InChI=1S/C16H22O2S/c1-5-8-14(9-6-2)15-10-7-11-16(12-15)19(17,18)13(3)4/h1,7,10-14H,6,8-9H2,2-4H3. The van der Waals surface area contributed by atoms with Crippen LogP contribution in [0.5, 0.6) is 0 Å². The van der Waals surface area contributed by atoms with Crippen molar-refractivity contribution in [3.63, 3.8) is 0 Å². The maximum atomic E-state index is 12.2. The highest BCUT2D eigenvalue weighted by molar-refractivity contribution is 7.92. The highest BCUT2D eigenvalue weighted by Crippen LogP contribution is 2.27. The van der Waals surface area contributed by atoms with Crippen molar-refractivity contribution in [3.05, 3.63) is 29.8 Å². The zero-order valence-corrected chi connectivity index (χ0v) is 12.7. The molecule has 0 aliphatic heterocycles. The van der Waals surface area contributed by atoms with E-state index in [0.717, 1.165) is 18.4 Å². The number of terminal acetylenes is 1. The van der Waals surface area contributed by atoms with Gasteiger partial charge in [0.2, 0.25) is 0 Å². The van der Waals surface area contributed by atoms with Crippen LogP contribution in [0.25, 0.3) is 0 Å². The Morgan fingerprint density at radius 2 is 2.00 bits per heavy atom. The minimum atomic E-state index is -3.21. The largest absolute Gasteiger partial charge is 0.223 e. The Bertz CT molecular complexity index is 550. The number of sulfone groups is 1. The van der Waals surface area contributed by atoms with Crippen molar-refractivity contribution in [3.8, 4) is 12.3 Å². The molecule has 0 fully saturated rings. The van der Waals surface area contributed by atoms with Gasteiger partial charge >= 0.3 is 0 Å². The molecule has 0 heterocycles. The average Bonchev–Trinajstić information content (AvgIpc) is 2.38. The first-order chi connectivity index (χ1) is 8.93. The minimum absolute atomic E-state index is 0.248.